The molecule has 1 heteroatoms. The Kier molecular flexibility index (Phi) is 3.54. The van der Waals surface area contributed by atoms with Crippen LogP contribution in [0.1, 0.15) is 23.3 Å². The number of rotatable bonds is 4. The highest BCUT2D eigenvalue weighted by Gasteiger charge is 2.17. The van der Waals surface area contributed by atoms with E-state index in [1.165, 1.54) is 0 Å². The van der Waals surface area contributed by atoms with Crippen LogP contribution >= 0.6 is 0 Å². The van der Waals surface area contributed by atoms with Crippen molar-refractivity contribution in [1.82, 2.24) is 0 Å². The fraction of sp³-hybridized carbons (Fsp3) is 0. The van der Waals surface area contributed by atoms with Gasteiger partial charge in [0.15, 0.2) is 0 Å². The number of hydrogen-bond acceptors (Lipinski definition) is 1. The predicted octanol–water partition coefficient (Wildman–Crippen LogP) is 13.7. The van der Waals surface area contributed by atoms with E-state index in [0.29, 0.717) is 16.6 Å². The van der Waals surface area contributed by atoms with Crippen molar-refractivity contribution in [1.29, 1.82) is 0 Å². The van der Waals surface area contributed by atoms with Crippen molar-refractivity contribution < 1.29 is 27.7 Å². The summed E-state index contributed by atoms with van der Waals surface area (Å²) in [6.45, 7) is 0. The van der Waals surface area contributed by atoms with Crippen LogP contribution in [0, 0.1) is 0 Å². The highest BCUT2D eigenvalue weighted by Crippen LogP contribution is 2.44. The molecule has 0 saturated carbocycles. The Morgan fingerprint density at radius 1 is 0.367 bits per heavy atom. The van der Waals surface area contributed by atoms with E-state index in [0.717, 1.165) is 27.3 Å². The van der Waals surface area contributed by atoms with Crippen LogP contribution in [0.4, 0.5) is 0 Å². The largest absolute Gasteiger partial charge is 0.456 e. The second-order valence-electron chi connectivity index (χ2n) is 11.6. The van der Waals surface area contributed by atoms with Gasteiger partial charge in [-0.1, -0.05) is 151 Å². The van der Waals surface area contributed by atoms with Gasteiger partial charge in [0.2, 0.25) is 0 Å². The summed E-state index contributed by atoms with van der Waals surface area (Å²) < 4.78 is 159. The number of fused-ring (bicyclic) bond motifs is 6. The van der Waals surface area contributed by atoms with Gasteiger partial charge in [-0.05, 0) is 107 Å². The first kappa shape index (κ1) is 15.6. The molecule has 0 unspecified atom stereocenters. The summed E-state index contributed by atoms with van der Waals surface area (Å²) >= 11 is 0. The average molecular weight is 640 g/mol. The molecule has 9 aromatic carbocycles. The lowest BCUT2D eigenvalue weighted by atomic mass is 9.85. The lowest BCUT2D eigenvalue weighted by Crippen LogP contribution is -1.91. The van der Waals surface area contributed by atoms with Gasteiger partial charge in [0.25, 0.3) is 0 Å². The van der Waals surface area contributed by atoms with Gasteiger partial charge in [-0.25, -0.2) is 0 Å². The zero-order valence-electron chi connectivity index (χ0n) is 42.4. The molecule has 0 fully saturated rings. The summed E-state index contributed by atoms with van der Waals surface area (Å²) in [7, 11) is 0. The Labute approximate surface area is 308 Å². The van der Waals surface area contributed by atoms with Crippen LogP contribution in [0.5, 0.6) is 0 Å². The molecule has 0 amide bonds. The molecule has 0 N–H and O–H groups in total. The van der Waals surface area contributed by atoms with Gasteiger partial charge in [0.05, 0.1) is 23.3 Å². The van der Waals surface area contributed by atoms with Gasteiger partial charge in [-0.15, -0.1) is 0 Å². The van der Waals surface area contributed by atoms with E-state index in [2.05, 4.69) is 0 Å². The van der Waals surface area contributed by atoms with E-state index in [-0.39, 0.29) is 11.1 Å². The minimum absolute atomic E-state index is 0.192. The quantitative estimate of drug-likeness (QED) is 0.175. The lowest BCUT2D eigenvalue weighted by molar-refractivity contribution is 0.669. The topological polar surface area (TPSA) is 13.1 Å². The molecule has 0 saturated heterocycles. The Bertz CT molecular complexity index is 3740. The molecule has 1 heterocycles. The zero-order chi connectivity index (χ0) is 47.1. The van der Waals surface area contributed by atoms with Crippen molar-refractivity contribution in [3.8, 4) is 44.5 Å². The summed E-state index contributed by atoms with van der Waals surface area (Å²) in [4.78, 5) is 0. The molecule has 10 rings (SSSR count). The van der Waals surface area contributed by atoms with E-state index in [1.54, 1.807) is 18.2 Å². The highest BCUT2D eigenvalue weighted by molar-refractivity contribution is 6.21. The number of benzene rings is 9. The van der Waals surface area contributed by atoms with E-state index in [4.69, 9.17) is 19.5 Å². The van der Waals surface area contributed by atoms with Crippen molar-refractivity contribution in [2.24, 2.45) is 0 Å². The SMILES string of the molecule is [2H]c1c([2H])c([2H])c(-c2c3c([2H])c([2H])c([2H])c([2H])c3c(-c3c([2H])c([2H])c([2H])c(-c4ccc5c(c4)oc4ccc(-c6cccc7ccccc67)cc45)c3[2H])c3c([2H])c([2H])c([2H])c([2H])c23)c([2H])c1[2H]. The molecule has 0 spiro atoms. The Hall–Kier alpha value is -6.44. The minimum Gasteiger partial charge on any atom is -0.456 e. The third-order valence-electron chi connectivity index (χ3n) is 8.86. The molecular formula is C48H30O. The van der Waals surface area contributed by atoms with Crippen LogP contribution in [0.3, 0.4) is 0 Å². The molecule has 10 aromatic rings. The Morgan fingerprint density at radius 2 is 1.00 bits per heavy atom. The maximum atomic E-state index is 9.79. The number of furan rings is 1. The van der Waals surface area contributed by atoms with E-state index in [1.807, 2.05) is 60.7 Å². The standard InChI is InChI=1S/C48H30O/c1-2-13-32(14-3-1)47-40-19-6-8-21-42(40)48(43-22-9-7-20-41(43)47)36-17-10-16-33(28-36)34-24-26-39-44-29-35(25-27-45(44)49-46(39)30-34)38-23-11-15-31-12-4-5-18-37(31)38/h1-30H/i1D,2D,3D,6D,7D,8D,9D,10D,13D,14D,16D,17D,19D,20D,21D,22D,28D. The molecule has 0 atom stereocenters. The molecule has 1 nitrogen and oxygen atoms in total. The molecular weight excluding hydrogens is 593 g/mol. The van der Waals surface area contributed by atoms with Crippen LogP contribution in [-0.2, 0) is 0 Å². The van der Waals surface area contributed by atoms with Gasteiger partial charge < -0.3 is 4.42 Å². The predicted molar refractivity (Wildman–Crippen MR) is 208 cm³/mol. The van der Waals surface area contributed by atoms with E-state index < -0.39 is 147 Å². The van der Waals surface area contributed by atoms with Crippen molar-refractivity contribution >= 4 is 54.3 Å². The summed E-state index contributed by atoms with van der Waals surface area (Å²) in [6.07, 6.45) is 0. The van der Waals surface area contributed by atoms with Crippen molar-refractivity contribution in [2.75, 3.05) is 0 Å². The van der Waals surface area contributed by atoms with Crippen LogP contribution in [0.15, 0.2) is 186 Å². The second kappa shape index (κ2) is 11.1. The van der Waals surface area contributed by atoms with Gasteiger partial charge in [-0.2, -0.15) is 0 Å². The van der Waals surface area contributed by atoms with Crippen molar-refractivity contribution in [3.63, 3.8) is 0 Å². The van der Waals surface area contributed by atoms with E-state index in [9.17, 15) is 8.22 Å². The fourth-order valence-corrected chi connectivity index (χ4v) is 6.69. The normalized spacial score (nSPS) is 16.5. The molecule has 0 radical (unpaired) electrons. The van der Waals surface area contributed by atoms with Gasteiger partial charge >= 0.3 is 0 Å². The van der Waals surface area contributed by atoms with Gasteiger partial charge in [-0.3, -0.25) is 0 Å². The van der Waals surface area contributed by atoms with Crippen LogP contribution < -0.4 is 0 Å². The summed E-state index contributed by atoms with van der Waals surface area (Å²) in [5.74, 6) is 0. The van der Waals surface area contributed by atoms with Crippen molar-refractivity contribution in [3.05, 3.63) is 182 Å². The average Bonchev–Trinajstić information content (AvgIpc) is 3.68. The lowest BCUT2D eigenvalue weighted by Gasteiger charge is -2.18. The van der Waals surface area contributed by atoms with E-state index >= 15 is 0 Å². The number of hydrogen-bond donors (Lipinski definition) is 0. The van der Waals surface area contributed by atoms with Gasteiger partial charge in [0, 0.05) is 10.8 Å². The molecule has 228 valence electrons. The summed E-state index contributed by atoms with van der Waals surface area (Å²) in [5.41, 5.74) is 0.779. The third kappa shape index (κ3) is 4.47. The maximum absolute atomic E-state index is 9.79. The maximum Gasteiger partial charge on any atom is 0.136 e. The molecule has 0 bridgehead atoms. The van der Waals surface area contributed by atoms with Gasteiger partial charge in [0.1, 0.15) is 11.2 Å². The van der Waals surface area contributed by atoms with Crippen LogP contribution in [-0.4, -0.2) is 0 Å². The van der Waals surface area contributed by atoms with Crippen molar-refractivity contribution in [2.45, 2.75) is 0 Å². The first-order valence-corrected chi connectivity index (χ1v) is 15.5. The summed E-state index contributed by atoms with van der Waals surface area (Å²) in [6, 6.07) is 11.7. The molecule has 1 aromatic heterocycles. The smallest absolute Gasteiger partial charge is 0.136 e. The minimum atomic E-state index is -0.823. The van der Waals surface area contributed by atoms with Crippen LogP contribution in [0.2, 0.25) is 0 Å². The molecule has 49 heavy (non-hydrogen) atoms. The second-order valence-corrected chi connectivity index (χ2v) is 11.6. The first-order chi connectivity index (χ1) is 31.4. The Morgan fingerprint density at radius 3 is 1.78 bits per heavy atom. The fourth-order valence-electron chi connectivity index (χ4n) is 6.69. The monoisotopic (exact) mass is 639 g/mol. The zero-order valence-corrected chi connectivity index (χ0v) is 25.4. The Balaban J connectivity index is 1.31. The molecule has 0 aliphatic rings. The highest BCUT2D eigenvalue weighted by atomic mass is 16.3. The van der Waals surface area contributed by atoms with Crippen LogP contribution in [0.25, 0.3) is 98.8 Å². The summed E-state index contributed by atoms with van der Waals surface area (Å²) in [5, 5.41) is 1.59. The third-order valence-corrected chi connectivity index (χ3v) is 8.86. The molecule has 0 aliphatic heterocycles. The first-order valence-electron chi connectivity index (χ1n) is 24.0. The molecule has 0 aliphatic carbocycles.